The molecule has 90 valence electrons. The lowest BCUT2D eigenvalue weighted by molar-refractivity contribution is 0.0994. The van der Waals surface area contributed by atoms with Crippen LogP contribution >= 0.6 is 0 Å². The molecular formula is C18H12O. The Morgan fingerprint density at radius 2 is 1.84 bits per heavy atom. The van der Waals surface area contributed by atoms with Crippen molar-refractivity contribution in [2.75, 3.05) is 0 Å². The Kier molecular flexibility index (Phi) is 1.56. The number of hydrogen-bond acceptors (Lipinski definition) is 1. The third-order valence-electron chi connectivity index (χ3n) is 4.71. The lowest BCUT2D eigenvalue weighted by atomic mass is 9.95. The van der Waals surface area contributed by atoms with Crippen LogP contribution in [0.2, 0.25) is 0 Å². The van der Waals surface area contributed by atoms with E-state index in [0.29, 0.717) is 12.2 Å². The SMILES string of the molecule is O=C1CCc2c1cc1c3c2ccc2cccc(c23)C1. The van der Waals surface area contributed by atoms with E-state index >= 15 is 0 Å². The maximum absolute atomic E-state index is 12.0. The fourth-order valence-electron chi connectivity index (χ4n) is 3.90. The molecule has 0 aliphatic heterocycles. The number of hydrogen-bond donors (Lipinski definition) is 0. The highest BCUT2D eigenvalue weighted by Crippen LogP contribution is 2.42. The largest absolute Gasteiger partial charge is 0.294 e. The highest BCUT2D eigenvalue weighted by molar-refractivity contribution is 6.17. The summed E-state index contributed by atoms with van der Waals surface area (Å²) in [6, 6.07) is 13.1. The molecule has 2 aliphatic carbocycles. The molecule has 19 heavy (non-hydrogen) atoms. The van der Waals surface area contributed by atoms with E-state index < -0.39 is 0 Å². The van der Waals surface area contributed by atoms with Gasteiger partial charge in [0.2, 0.25) is 0 Å². The van der Waals surface area contributed by atoms with E-state index in [1.165, 1.54) is 38.2 Å². The van der Waals surface area contributed by atoms with E-state index in [2.05, 4.69) is 36.4 Å². The third kappa shape index (κ3) is 1.05. The average Bonchev–Trinajstić information content (AvgIpc) is 2.98. The molecule has 0 saturated heterocycles. The molecule has 0 heterocycles. The molecule has 0 radical (unpaired) electrons. The van der Waals surface area contributed by atoms with Crippen molar-refractivity contribution in [1.29, 1.82) is 0 Å². The fraction of sp³-hybridized carbons (Fsp3) is 0.167. The van der Waals surface area contributed by atoms with Crippen molar-refractivity contribution in [2.24, 2.45) is 0 Å². The van der Waals surface area contributed by atoms with Crippen LogP contribution in [0.15, 0.2) is 36.4 Å². The van der Waals surface area contributed by atoms with Gasteiger partial charge in [-0.3, -0.25) is 4.79 Å². The molecule has 0 amide bonds. The summed E-state index contributed by atoms with van der Waals surface area (Å²) in [7, 11) is 0. The summed E-state index contributed by atoms with van der Waals surface area (Å²) in [6.45, 7) is 0. The van der Waals surface area contributed by atoms with Gasteiger partial charge in [0, 0.05) is 12.0 Å². The minimum absolute atomic E-state index is 0.323. The Morgan fingerprint density at radius 3 is 2.79 bits per heavy atom. The van der Waals surface area contributed by atoms with Crippen LogP contribution in [0.4, 0.5) is 0 Å². The molecule has 0 aromatic heterocycles. The molecule has 0 N–H and O–H groups in total. The summed E-state index contributed by atoms with van der Waals surface area (Å²) in [4.78, 5) is 12.0. The normalized spacial score (nSPS) is 15.9. The number of benzene rings is 3. The van der Waals surface area contributed by atoms with Crippen LogP contribution < -0.4 is 0 Å². The van der Waals surface area contributed by atoms with Crippen LogP contribution in [0.1, 0.15) is 33.5 Å². The lowest BCUT2D eigenvalue weighted by Crippen LogP contribution is -1.94. The minimum atomic E-state index is 0.323. The summed E-state index contributed by atoms with van der Waals surface area (Å²) in [5.41, 5.74) is 5.02. The third-order valence-corrected chi connectivity index (χ3v) is 4.71. The zero-order chi connectivity index (χ0) is 12.6. The molecule has 3 aromatic rings. The number of Topliss-reactive ketones (excluding diaryl/α,β-unsaturated/α-hetero) is 1. The van der Waals surface area contributed by atoms with Crippen LogP contribution in [0.3, 0.4) is 0 Å². The Labute approximate surface area is 110 Å². The Morgan fingerprint density at radius 1 is 0.895 bits per heavy atom. The predicted octanol–water partition coefficient (Wildman–Crippen LogP) is 4.03. The summed E-state index contributed by atoms with van der Waals surface area (Å²) in [5, 5.41) is 5.46. The van der Waals surface area contributed by atoms with E-state index in [-0.39, 0.29) is 0 Å². The zero-order valence-electron chi connectivity index (χ0n) is 10.5. The summed E-state index contributed by atoms with van der Waals surface area (Å²) < 4.78 is 0. The van der Waals surface area contributed by atoms with Crippen molar-refractivity contribution < 1.29 is 4.79 Å². The number of carbonyl (C=O) groups is 1. The smallest absolute Gasteiger partial charge is 0.163 e. The second kappa shape index (κ2) is 3.05. The van der Waals surface area contributed by atoms with Gasteiger partial charge in [-0.05, 0) is 57.1 Å². The van der Waals surface area contributed by atoms with Gasteiger partial charge < -0.3 is 0 Å². The second-order valence-corrected chi connectivity index (χ2v) is 5.67. The molecule has 1 nitrogen and oxygen atoms in total. The zero-order valence-corrected chi connectivity index (χ0v) is 10.5. The van der Waals surface area contributed by atoms with Gasteiger partial charge >= 0.3 is 0 Å². The topological polar surface area (TPSA) is 17.1 Å². The van der Waals surface area contributed by atoms with Gasteiger partial charge in [0.05, 0.1) is 0 Å². The second-order valence-electron chi connectivity index (χ2n) is 5.67. The first-order chi connectivity index (χ1) is 9.33. The van der Waals surface area contributed by atoms with E-state index in [4.69, 9.17) is 0 Å². The lowest BCUT2D eigenvalue weighted by Gasteiger charge is -2.08. The molecule has 0 unspecified atom stereocenters. The number of carbonyl (C=O) groups excluding carboxylic acids is 1. The molecule has 1 heteroatoms. The van der Waals surface area contributed by atoms with Crippen molar-refractivity contribution in [3.8, 4) is 0 Å². The Hall–Kier alpha value is -2.15. The predicted molar refractivity (Wildman–Crippen MR) is 76.9 cm³/mol. The van der Waals surface area contributed by atoms with Gasteiger partial charge in [-0.1, -0.05) is 30.3 Å². The Balaban J connectivity index is 2.08. The first-order valence-electron chi connectivity index (χ1n) is 6.85. The molecular weight excluding hydrogens is 232 g/mol. The van der Waals surface area contributed by atoms with Gasteiger partial charge in [-0.15, -0.1) is 0 Å². The maximum atomic E-state index is 12.0. The highest BCUT2D eigenvalue weighted by atomic mass is 16.1. The molecule has 0 atom stereocenters. The number of rotatable bonds is 0. The minimum Gasteiger partial charge on any atom is -0.294 e. The molecule has 2 aliphatic rings. The summed E-state index contributed by atoms with van der Waals surface area (Å²) in [5.74, 6) is 0.323. The van der Waals surface area contributed by atoms with E-state index in [9.17, 15) is 4.79 Å². The van der Waals surface area contributed by atoms with Gasteiger partial charge in [-0.25, -0.2) is 0 Å². The van der Waals surface area contributed by atoms with E-state index in [0.717, 1.165) is 18.4 Å². The first kappa shape index (κ1) is 9.74. The van der Waals surface area contributed by atoms with Gasteiger partial charge in [0.15, 0.2) is 5.78 Å². The summed E-state index contributed by atoms with van der Waals surface area (Å²) in [6.07, 6.45) is 2.58. The van der Waals surface area contributed by atoms with Crippen LogP contribution in [-0.4, -0.2) is 5.78 Å². The van der Waals surface area contributed by atoms with Crippen LogP contribution in [-0.2, 0) is 12.8 Å². The van der Waals surface area contributed by atoms with Gasteiger partial charge in [0.1, 0.15) is 0 Å². The van der Waals surface area contributed by atoms with Crippen molar-refractivity contribution in [2.45, 2.75) is 19.3 Å². The standard InChI is InChI=1S/C18H12O/c19-16-7-6-13-14-5-4-10-2-1-3-11-8-12(9-15(13)16)18(14)17(10)11/h1-5,9H,6-8H2. The molecule has 0 saturated carbocycles. The number of aryl methyl sites for hydroxylation is 1. The highest BCUT2D eigenvalue weighted by Gasteiger charge is 2.26. The maximum Gasteiger partial charge on any atom is 0.163 e. The average molecular weight is 244 g/mol. The Bertz CT molecular complexity index is 903. The molecule has 5 rings (SSSR count). The van der Waals surface area contributed by atoms with Crippen molar-refractivity contribution in [1.82, 2.24) is 0 Å². The first-order valence-corrected chi connectivity index (χ1v) is 6.85. The van der Waals surface area contributed by atoms with E-state index in [1.54, 1.807) is 0 Å². The monoisotopic (exact) mass is 244 g/mol. The van der Waals surface area contributed by atoms with Gasteiger partial charge in [-0.2, -0.15) is 0 Å². The van der Waals surface area contributed by atoms with Crippen molar-refractivity contribution in [3.63, 3.8) is 0 Å². The number of ketones is 1. The quantitative estimate of drug-likeness (QED) is 0.427. The summed E-state index contributed by atoms with van der Waals surface area (Å²) >= 11 is 0. The van der Waals surface area contributed by atoms with Crippen LogP contribution in [0, 0.1) is 0 Å². The molecule has 0 spiro atoms. The van der Waals surface area contributed by atoms with Crippen LogP contribution in [0.25, 0.3) is 21.5 Å². The fourth-order valence-corrected chi connectivity index (χ4v) is 3.90. The van der Waals surface area contributed by atoms with Crippen molar-refractivity contribution >= 4 is 27.3 Å². The van der Waals surface area contributed by atoms with Crippen molar-refractivity contribution in [3.05, 3.63) is 58.7 Å². The van der Waals surface area contributed by atoms with Gasteiger partial charge in [0.25, 0.3) is 0 Å². The van der Waals surface area contributed by atoms with E-state index in [1.807, 2.05) is 0 Å². The molecule has 0 fully saturated rings. The number of fused-ring (bicyclic) bond motifs is 2. The molecule has 3 aromatic carbocycles. The molecule has 0 bridgehead atoms. The van der Waals surface area contributed by atoms with Crippen LogP contribution in [0.5, 0.6) is 0 Å².